The second-order valence-corrected chi connectivity index (χ2v) is 7.31. The second-order valence-electron chi connectivity index (χ2n) is 7.31. The minimum atomic E-state index is -0.186. The van der Waals surface area contributed by atoms with Crippen molar-refractivity contribution >= 4 is 28.3 Å². The van der Waals surface area contributed by atoms with Crippen LogP contribution in [0.3, 0.4) is 0 Å². The summed E-state index contributed by atoms with van der Waals surface area (Å²) in [4.78, 5) is 17.2. The van der Waals surface area contributed by atoms with Gasteiger partial charge in [0, 0.05) is 42.5 Å². The van der Waals surface area contributed by atoms with Crippen LogP contribution in [0.5, 0.6) is 5.75 Å². The standard InChI is InChI=1S/C22H25N3O3/c1-24(2)11-7-10-23-22(26)21-19-15-8-5-6-9-16(15)25(3)17-12-14(27-4)13-18(28-21)20(17)19/h5-6,8-9,12-13H,7,10-11H2,1-4H3,(H,23,26). The van der Waals surface area contributed by atoms with Crippen molar-refractivity contribution in [2.24, 2.45) is 0 Å². The molecule has 146 valence electrons. The third kappa shape index (κ3) is 2.99. The Kier molecular flexibility index (Phi) is 4.73. The number of ether oxygens (including phenoxy) is 1. The number of furan rings is 1. The highest BCUT2D eigenvalue weighted by Crippen LogP contribution is 2.50. The summed E-state index contributed by atoms with van der Waals surface area (Å²) in [6.45, 7) is 1.52. The number of carbonyl (C=O) groups excluding carboxylic acids is 1. The fraction of sp³-hybridized carbons (Fsp3) is 0.318. The van der Waals surface area contributed by atoms with Crippen LogP contribution in [0.1, 0.15) is 17.0 Å². The Morgan fingerprint density at radius 3 is 2.75 bits per heavy atom. The molecule has 1 aromatic heterocycles. The zero-order valence-electron chi connectivity index (χ0n) is 16.7. The summed E-state index contributed by atoms with van der Waals surface area (Å²) in [5.41, 5.74) is 4.52. The van der Waals surface area contributed by atoms with Crippen LogP contribution in [-0.4, -0.2) is 52.1 Å². The summed E-state index contributed by atoms with van der Waals surface area (Å²) in [5, 5.41) is 3.94. The Morgan fingerprint density at radius 1 is 1.21 bits per heavy atom. The van der Waals surface area contributed by atoms with Crippen molar-refractivity contribution in [3.8, 4) is 16.9 Å². The highest BCUT2D eigenvalue weighted by Gasteiger charge is 2.31. The molecule has 0 spiro atoms. The molecule has 1 aliphatic rings. The lowest BCUT2D eigenvalue weighted by molar-refractivity contribution is 0.0927. The van der Waals surface area contributed by atoms with Gasteiger partial charge in [0.1, 0.15) is 11.3 Å². The number of carbonyl (C=O) groups is 1. The van der Waals surface area contributed by atoms with Gasteiger partial charge in [-0.2, -0.15) is 0 Å². The van der Waals surface area contributed by atoms with Gasteiger partial charge in [0.15, 0.2) is 0 Å². The molecule has 0 bridgehead atoms. The Bertz CT molecular complexity index is 1040. The number of nitrogens with zero attached hydrogens (tertiary/aromatic N) is 2. The fourth-order valence-electron chi connectivity index (χ4n) is 3.77. The van der Waals surface area contributed by atoms with E-state index in [-0.39, 0.29) is 5.91 Å². The average molecular weight is 379 g/mol. The number of benzene rings is 2. The van der Waals surface area contributed by atoms with E-state index in [1.54, 1.807) is 7.11 Å². The molecule has 6 heteroatoms. The first kappa shape index (κ1) is 18.4. The molecule has 0 fully saturated rings. The molecule has 0 aliphatic carbocycles. The molecule has 3 aromatic rings. The van der Waals surface area contributed by atoms with Crippen LogP contribution in [0.25, 0.3) is 22.1 Å². The minimum Gasteiger partial charge on any atom is -0.497 e. The predicted molar refractivity (Wildman–Crippen MR) is 112 cm³/mol. The molecule has 4 rings (SSSR count). The number of nitrogens with one attached hydrogen (secondary N) is 1. The van der Waals surface area contributed by atoms with Gasteiger partial charge in [-0.3, -0.25) is 4.79 Å². The maximum absolute atomic E-state index is 13.0. The van der Waals surface area contributed by atoms with Crippen LogP contribution < -0.4 is 15.0 Å². The average Bonchev–Trinajstić information content (AvgIpc) is 3.08. The van der Waals surface area contributed by atoms with Crippen molar-refractivity contribution in [1.82, 2.24) is 10.2 Å². The van der Waals surface area contributed by atoms with Crippen LogP contribution in [0.2, 0.25) is 0 Å². The van der Waals surface area contributed by atoms with E-state index in [9.17, 15) is 4.79 Å². The number of rotatable bonds is 6. The van der Waals surface area contributed by atoms with Gasteiger partial charge < -0.3 is 24.3 Å². The summed E-state index contributed by atoms with van der Waals surface area (Å²) in [7, 11) is 7.69. The van der Waals surface area contributed by atoms with Gasteiger partial charge >= 0.3 is 0 Å². The molecule has 0 atom stereocenters. The lowest BCUT2D eigenvalue weighted by Crippen LogP contribution is -2.27. The summed E-state index contributed by atoms with van der Waals surface area (Å²) >= 11 is 0. The SMILES string of the molecule is COc1cc2c3c(c(C(=O)NCCCN(C)C)oc3c1)-c1ccccc1N2C. The van der Waals surface area contributed by atoms with E-state index in [4.69, 9.17) is 9.15 Å². The molecule has 6 nitrogen and oxygen atoms in total. The van der Waals surface area contributed by atoms with Crippen LogP contribution in [0, 0.1) is 0 Å². The molecule has 0 saturated heterocycles. The monoisotopic (exact) mass is 379 g/mol. The summed E-state index contributed by atoms with van der Waals surface area (Å²) in [6.07, 6.45) is 0.882. The third-order valence-corrected chi connectivity index (χ3v) is 5.15. The van der Waals surface area contributed by atoms with E-state index in [1.165, 1.54) is 0 Å². The van der Waals surface area contributed by atoms with Gasteiger partial charge in [0.25, 0.3) is 5.91 Å². The van der Waals surface area contributed by atoms with Crippen molar-refractivity contribution in [1.29, 1.82) is 0 Å². The Hall–Kier alpha value is -2.99. The number of amides is 1. The lowest BCUT2D eigenvalue weighted by atomic mass is 9.94. The van der Waals surface area contributed by atoms with E-state index in [0.717, 1.165) is 40.9 Å². The summed E-state index contributed by atoms with van der Waals surface area (Å²) in [6, 6.07) is 11.9. The quantitative estimate of drug-likeness (QED) is 0.659. The molecule has 1 amide bonds. The fourth-order valence-corrected chi connectivity index (χ4v) is 3.77. The van der Waals surface area contributed by atoms with Crippen molar-refractivity contribution < 1.29 is 13.9 Å². The maximum atomic E-state index is 13.0. The largest absolute Gasteiger partial charge is 0.497 e. The van der Waals surface area contributed by atoms with Crippen molar-refractivity contribution in [3.05, 3.63) is 42.2 Å². The zero-order valence-corrected chi connectivity index (χ0v) is 16.7. The molecule has 0 radical (unpaired) electrons. The summed E-state index contributed by atoms with van der Waals surface area (Å²) < 4.78 is 11.5. The van der Waals surface area contributed by atoms with Crippen LogP contribution >= 0.6 is 0 Å². The maximum Gasteiger partial charge on any atom is 0.287 e. The highest BCUT2D eigenvalue weighted by molar-refractivity contribution is 6.17. The van der Waals surface area contributed by atoms with Gasteiger partial charge in [0.2, 0.25) is 5.76 Å². The van der Waals surface area contributed by atoms with Crippen LogP contribution in [0.15, 0.2) is 40.8 Å². The first-order valence-electron chi connectivity index (χ1n) is 9.42. The number of methoxy groups -OCH3 is 1. The molecule has 28 heavy (non-hydrogen) atoms. The van der Waals surface area contributed by atoms with E-state index in [2.05, 4.69) is 21.2 Å². The van der Waals surface area contributed by atoms with Gasteiger partial charge in [0.05, 0.1) is 18.2 Å². The Labute approximate surface area is 164 Å². The second kappa shape index (κ2) is 7.20. The highest BCUT2D eigenvalue weighted by atomic mass is 16.5. The number of para-hydroxylation sites is 1. The normalized spacial score (nSPS) is 12.4. The van der Waals surface area contributed by atoms with E-state index in [1.807, 2.05) is 51.5 Å². The molecular formula is C22H25N3O3. The van der Waals surface area contributed by atoms with E-state index in [0.29, 0.717) is 23.6 Å². The summed E-state index contributed by atoms with van der Waals surface area (Å²) in [5.74, 6) is 0.871. The smallest absolute Gasteiger partial charge is 0.287 e. The van der Waals surface area contributed by atoms with E-state index >= 15 is 0 Å². The molecule has 0 saturated carbocycles. The Balaban J connectivity index is 1.81. The lowest BCUT2D eigenvalue weighted by Gasteiger charge is -2.28. The predicted octanol–water partition coefficient (Wildman–Crippen LogP) is 3.87. The Morgan fingerprint density at radius 2 is 2.00 bits per heavy atom. The molecule has 1 aliphatic heterocycles. The zero-order chi connectivity index (χ0) is 19.8. The van der Waals surface area contributed by atoms with Gasteiger partial charge in [-0.1, -0.05) is 18.2 Å². The van der Waals surface area contributed by atoms with Crippen LogP contribution in [0.4, 0.5) is 11.4 Å². The van der Waals surface area contributed by atoms with Crippen molar-refractivity contribution in [2.45, 2.75) is 6.42 Å². The molecular weight excluding hydrogens is 354 g/mol. The van der Waals surface area contributed by atoms with Gasteiger partial charge in [-0.15, -0.1) is 0 Å². The number of hydrogen-bond acceptors (Lipinski definition) is 5. The topological polar surface area (TPSA) is 58.0 Å². The molecule has 2 heterocycles. The van der Waals surface area contributed by atoms with Gasteiger partial charge in [-0.25, -0.2) is 0 Å². The van der Waals surface area contributed by atoms with E-state index < -0.39 is 0 Å². The number of anilines is 2. The third-order valence-electron chi connectivity index (χ3n) is 5.15. The van der Waals surface area contributed by atoms with Crippen molar-refractivity contribution in [3.63, 3.8) is 0 Å². The van der Waals surface area contributed by atoms with Crippen molar-refractivity contribution in [2.75, 3.05) is 46.2 Å². The number of hydrogen-bond donors (Lipinski definition) is 1. The molecule has 1 N–H and O–H groups in total. The molecule has 0 unspecified atom stereocenters. The minimum absolute atomic E-state index is 0.186. The molecule has 2 aromatic carbocycles. The van der Waals surface area contributed by atoms with Gasteiger partial charge in [-0.05, 0) is 33.1 Å². The first-order chi connectivity index (χ1) is 13.5. The van der Waals surface area contributed by atoms with Crippen LogP contribution in [-0.2, 0) is 0 Å². The number of fused-ring (bicyclic) bond motifs is 2. The first-order valence-corrected chi connectivity index (χ1v) is 9.42.